The monoisotopic (exact) mass is 321 g/mol. The lowest BCUT2D eigenvalue weighted by Crippen LogP contribution is -2.38. The molecule has 0 unspecified atom stereocenters. The molecule has 0 saturated heterocycles. The van der Waals surface area contributed by atoms with Crippen LogP contribution in [-0.2, 0) is 11.2 Å². The van der Waals surface area contributed by atoms with Crippen LogP contribution < -0.4 is 15.4 Å². The summed E-state index contributed by atoms with van der Waals surface area (Å²) in [5.74, 6) is 1.81. The average molecular weight is 321 g/mol. The predicted molar refractivity (Wildman–Crippen MR) is 96.4 cm³/mol. The van der Waals surface area contributed by atoms with Crippen LogP contribution in [-0.4, -0.2) is 45.9 Å². The van der Waals surface area contributed by atoms with Gasteiger partial charge in [0.05, 0.1) is 6.61 Å². The van der Waals surface area contributed by atoms with E-state index in [4.69, 9.17) is 9.47 Å². The highest BCUT2D eigenvalue weighted by Crippen LogP contribution is 2.13. The minimum atomic E-state index is 0.744. The standard InChI is InChI=1S/C18H31N3O2/c1-4-13-23-17-9-6-8-16(15-17)10-12-21-18(19-5-2)20-11-7-14-22-3/h6,8-9,15H,4-5,7,10-14H2,1-3H3,(H2,19,20,21). The van der Waals surface area contributed by atoms with Crippen LogP contribution in [0.2, 0.25) is 0 Å². The largest absolute Gasteiger partial charge is 0.494 e. The van der Waals surface area contributed by atoms with Gasteiger partial charge in [-0.05, 0) is 43.9 Å². The van der Waals surface area contributed by atoms with E-state index in [-0.39, 0.29) is 0 Å². The van der Waals surface area contributed by atoms with Crippen LogP contribution in [0.3, 0.4) is 0 Å². The molecule has 0 atom stereocenters. The van der Waals surface area contributed by atoms with E-state index in [1.807, 2.05) is 12.1 Å². The van der Waals surface area contributed by atoms with Gasteiger partial charge in [-0.2, -0.15) is 0 Å². The molecule has 0 saturated carbocycles. The molecule has 0 amide bonds. The molecule has 1 aromatic rings. The van der Waals surface area contributed by atoms with Crippen LogP contribution >= 0.6 is 0 Å². The Morgan fingerprint density at radius 3 is 2.78 bits per heavy atom. The van der Waals surface area contributed by atoms with Gasteiger partial charge in [-0.1, -0.05) is 19.1 Å². The second-order valence-corrected chi connectivity index (χ2v) is 5.28. The zero-order valence-electron chi connectivity index (χ0n) is 14.7. The molecule has 0 radical (unpaired) electrons. The minimum Gasteiger partial charge on any atom is -0.494 e. The molecule has 0 aromatic heterocycles. The van der Waals surface area contributed by atoms with E-state index in [9.17, 15) is 0 Å². The van der Waals surface area contributed by atoms with Gasteiger partial charge in [0.2, 0.25) is 0 Å². The van der Waals surface area contributed by atoms with E-state index >= 15 is 0 Å². The first kappa shape index (κ1) is 19.3. The third kappa shape index (κ3) is 9.08. The molecule has 130 valence electrons. The molecule has 0 bridgehead atoms. The minimum absolute atomic E-state index is 0.744. The van der Waals surface area contributed by atoms with Gasteiger partial charge in [-0.15, -0.1) is 0 Å². The van der Waals surface area contributed by atoms with Crippen molar-refractivity contribution in [3.63, 3.8) is 0 Å². The molecule has 0 spiro atoms. The Kier molecular flexibility index (Phi) is 10.7. The average Bonchev–Trinajstić information content (AvgIpc) is 2.57. The van der Waals surface area contributed by atoms with Crippen LogP contribution in [0.5, 0.6) is 5.75 Å². The summed E-state index contributed by atoms with van der Waals surface area (Å²) >= 11 is 0. The topological polar surface area (TPSA) is 54.9 Å². The van der Waals surface area contributed by atoms with Crippen molar-refractivity contribution in [1.29, 1.82) is 0 Å². The Morgan fingerprint density at radius 1 is 1.17 bits per heavy atom. The van der Waals surface area contributed by atoms with Crippen LogP contribution in [0.15, 0.2) is 29.3 Å². The molecular weight excluding hydrogens is 290 g/mol. The number of hydrogen-bond acceptors (Lipinski definition) is 3. The van der Waals surface area contributed by atoms with E-state index in [2.05, 4.69) is 41.6 Å². The van der Waals surface area contributed by atoms with Crippen molar-refractivity contribution in [1.82, 2.24) is 10.6 Å². The van der Waals surface area contributed by atoms with Crippen molar-refractivity contribution in [3.8, 4) is 5.75 Å². The number of nitrogens with zero attached hydrogens (tertiary/aromatic N) is 1. The summed E-state index contributed by atoms with van der Waals surface area (Å²) in [6.45, 7) is 8.16. The van der Waals surface area contributed by atoms with Gasteiger partial charge in [-0.25, -0.2) is 0 Å². The molecule has 1 aromatic carbocycles. The first-order chi connectivity index (χ1) is 11.3. The van der Waals surface area contributed by atoms with Gasteiger partial charge in [0.1, 0.15) is 5.75 Å². The summed E-state index contributed by atoms with van der Waals surface area (Å²) in [6, 6.07) is 8.29. The lowest BCUT2D eigenvalue weighted by atomic mass is 10.1. The van der Waals surface area contributed by atoms with Gasteiger partial charge in [-0.3, -0.25) is 4.99 Å². The van der Waals surface area contributed by atoms with Gasteiger partial charge >= 0.3 is 0 Å². The maximum atomic E-state index is 5.67. The smallest absolute Gasteiger partial charge is 0.191 e. The molecule has 0 aliphatic carbocycles. The van der Waals surface area contributed by atoms with Crippen LogP contribution in [0, 0.1) is 0 Å². The normalized spacial score (nSPS) is 11.3. The molecule has 5 heteroatoms. The Bertz CT molecular complexity index is 450. The number of guanidine groups is 1. The Labute approximate surface area is 140 Å². The molecule has 0 heterocycles. The second-order valence-electron chi connectivity index (χ2n) is 5.28. The van der Waals surface area contributed by atoms with Gasteiger partial charge < -0.3 is 20.1 Å². The third-order valence-corrected chi connectivity index (χ3v) is 3.20. The van der Waals surface area contributed by atoms with Crippen molar-refractivity contribution in [3.05, 3.63) is 29.8 Å². The number of methoxy groups -OCH3 is 1. The van der Waals surface area contributed by atoms with Crippen molar-refractivity contribution >= 4 is 5.96 Å². The van der Waals surface area contributed by atoms with Gasteiger partial charge in [0.25, 0.3) is 0 Å². The zero-order valence-corrected chi connectivity index (χ0v) is 14.7. The molecule has 0 aliphatic rings. The fraction of sp³-hybridized carbons (Fsp3) is 0.611. The highest BCUT2D eigenvalue weighted by Gasteiger charge is 2.00. The maximum Gasteiger partial charge on any atom is 0.191 e. The Balaban J connectivity index is 2.39. The van der Waals surface area contributed by atoms with Gasteiger partial charge in [0.15, 0.2) is 5.96 Å². The Hall–Kier alpha value is -1.75. The van der Waals surface area contributed by atoms with Gasteiger partial charge in [0, 0.05) is 33.4 Å². The SMILES string of the molecule is CCCOc1cccc(CCNC(=NCCCOC)NCC)c1. The summed E-state index contributed by atoms with van der Waals surface area (Å²) in [5.41, 5.74) is 1.27. The van der Waals surface area contributed by atoms with E-state index in [1.54, 1.807) is 7.11 Å². The fourth-order valence-corrected chi connectivity index (χ4v) is 2.08. The molecule has 23 heavy (non-hydrogen) atoms. The number of hydrogen-bond donors (Lipinski definition) is 2. The summed E-state index contributed by atoms with van der Waals surface area (Å²) in [5, 5.41) is 6.62. The van der Waals surface area contributed by atoms with E-state index in [0.29, 0.717) is 0 Å². The molecule has 1 rings (SSSR count). The predicted octanol–water partition coefficient (Wildman–Crippen LogP) is 2.61. The zero-order chi connectivity index (χ0) is 16.8. The van der Waals surface area contributed by atoms with Crippen molar-refractivity contribution in [2.45, 2.75) is 33.1 Å². The third-order valence-electron chi connectivity index (χ3n) is 3.20. The number of aliphatic imine (C=N–C) groups is 1. The van der Waals surface area contributed by atoms with Crippen LogP contribution in [0.25, 0.3) is 0 Å². The highest BCUT2D eigenvalue weighted by atomic mass is 16.5. The summed E-state index contributed by atoms with van der Waals surface area (Å²) < 4.78 is 10.7. The molecule has 0 fully saturated rings. The van der Waals surface area contributed by atoms with Crippen molar-refractivity contribution in [2.24, 2.45) is 4.99 Å². The fourth-order valence-electron chi connectivity index (χ4n) is 2.08. The lowest BCUT2D eigenvalue weighted by molar-refractivity contribution is 0.197. The van der Waals surface area contributed by atoms with E-state index in [0.717, 1.165) is 63.8 Å². The number of ether oxygens (including phenoxy) is 2. The quantitative estimate of drug-likeness (QED) is 0.374. The summed E-state index contributed by atoms with van der Waals surface area (Å²) in [6.07, 6.45) is 2.90. The lowest BCUT2D eigenvalue weighted by Gasteiger charge is -2.12. The maximum absolute atomic E-state index is 5.67. The first-order valence-electron chi connectivity index (χ1n) is 8.53. The van der Waals surface area contributed by atoms with E-state index < -0.39 is 0 Å². The van der Waals surface area contributed by atoms with Crippen molar-refractivity contribution < 1.29 is 9.47 Å². The molecule has 2 N–H and O–H groups in total. The molecular formula is C18H31N3O2. The Morgan fingerprint density at radius 2 is 2.04 bits per heavy atom. The van der Waals surface area contributed by atoms with Crippen LogP contribution in [0.1, 0.15) is 32.3 Å². The molecule has 5 nitrogen and oxygen atoms in total. The second kappa shape index (κ2) is 12.8. The van der Waals surface area contributed by atoms with Crippen LogP contribution in [0.4, 0.5) is 0 Å². The summed E-state index contributed by atoms with van der Waals surface area (Å²) in [7, 11) is 1.71. The molecule has 0 aliphatic heterocycles. The number of nitrogens with one attached hydrogen (secondary N) is 2. The number of rotatable bonds is 11. The first-order valence-corrected chi connectivity index (χ1v) is 8.53. The highest BCUT2D eigenvalue weighted by molar-refractivity contribution is 5.79. The number of benzene rings is 1. The van der Waals surface area contributed by atoms with Crippen molar-refractivity contribution in [2.75, 3.05) is 40.0 Å². The summed E-state index contributed by atoms with van der Waals surface area (Å²) in [4.78, 5) is 4.53. The van der Waals surface area contributed by atoms with E-state index in [1.165, 1.54) is 5.56 Å².